The minimum absolute atomic E-state index is 0.0572. The van der Waals surface area contributed by atoms with Crippen LogP contribution in [0.2, 0.25) is 36.3 Å². The second-order valence-electron chi connectivity index (χ2n) is 12.5. The Bertz CT molecular complexity index is 1040. The van der Waals surface area contributed by atoms with Gasteiger partial charge in [0.1, 0.15) is 17.3 Å². The van der Waals surface area contributed by atoms with Crippen LogP contribution in [0, 0.1) is 0 Å². The summed E-state index contributed by atoms with van der Waals surface area (Å²) in [5.41, 5.74) is 6.40. The number of nitrogens with two attached hydrogens (primary N) is 1. The third-order valence-electron chi connectivity index (χ3n) is 8.01. The minimum Gasteiger partial charge on any atom is -0.413 e. The van der Waals surface area contributed by atoms with Gasteiger partial charge in [0.05, 0.1) is 25.2 Å². The van der Waals surface area contributed by atoms with Crippen LogP contribution < -0.4 is 5.73 Å². The molecule has 2 aromatic rings. The zero-order valence-corrected chi connectivity index (χ0v) is 24.6. The summed E-state index contributed by atoms with van der Waals surface area (Å²) in [7, 11) is -4.13. The highest BCUT2D eigenvalue weighted by Crippen LogP contribution is 2.47. The van der Waals surface area contributed by atoms with E-state index in [-0.39, 0.29) is 28.4 Å². The van der Waals surface area contributed by atoms with E-state index in [0.29, 0.717) is 24.2 Å². The summed E-state index contributed by atoms with van der Waals surface area (Å²) < 4.78 is 22.3. The molecular formula is C24H43N5O3Si2. The standard InChI is InChI=1S/C24H43N5O3Si2/c1-12-24(15-30-33(8,9)22(2,3)4)18(32-34(10,11)23(5,6)7)13-19(31-24)29-16-27-17-14-26-21(25)28-20(17)29/h12,14,16,18-19H,1,13,15H2,2-11H3,(H2,25,26,28)/t18-,19+,24+/m0/s1. The molecule has 2 aromatic heterocycles. The number of ether oxygens (including phenoxy) is 1. The van der Waals surface area contributed by atoms with Gasteiger partial charge in [-0.15, -0.1) is 6.58 Å². The van der Waals surface area contributed by atoms with Crippen LogP contribution >= 0.6 is 0 Å². The lowest BCUT2D eigenvalue weighted by Gasteiger charge is -2.44. The quantitative estimate of drug-likeness (QED) is 0.383. The molecule has 0 aromatic carbocycles. The van der Waals surface area contributed by atoms with Crippen molar-refractivity contribution in [2.75, 3.05) is 12.3 Å². The van der Waals surface area contributed by atoms with Crippen molar-refractivity contribution >= 4 is 33.7 Å². The number of hydrogen-bond donors (Lipinski definition) is 1. The van der Waals surface area contributed by atoms with E-state index < -0.39 is 22.2 Å². The number of hydrogen-bond acceptors (Lipinski definition) is 7. The van der Waals surface area contributed by atoms with Crippen LogP contribution in [-0.4, -0.2) is 54.5 Å². The van der Waals surface area contributed by atoms with Crippen molar-refractivity contribution in [1.29, 1.82) is 0 Å². The summed E-state index contributed by atoms with van der Waals surface area (Å²) in [6, 6.07) is 0. The first-order valence-electron chi connectivity index (χ1n) is 12.0. The molecule has 3 heterocycles. The van der Waals surface area contributed by atoms with Crippen LogP contribution in [0.15, 0.2) is 25.2 Å². The van der Waals surface area contributed by atoms with Gasteiger partial charge in [0, 0.05) is 6.42 Å². The summed E-state index contributed by atoms with van der Waals surface area (Å²) in [5.74, 6) is 0.206. The zero-order chi connectivity index (χ0) is 25.7. The molecule has 1 saturated heterocycles. The predicted octanol–water partition coefficient (Wildman–Crippen LogP) is 5.66. The van der Waals surface area contributed by atoms with Crippen LogP contribution in [0.4, 0.5) is 5.95 Å². The van der Waals surface area contributed by atoms with Crippen LogP contribution in [0.3, 0.4) is 0 Å². The SMILES string of the molecule is C=C[C@]1(CO[Si](C)(C)C(C)(C)C)O[C@@H](n2cnc3cnc(N)nc32)C[C@@H]1O[Si](C)(C)C(C)(C)C. The first-order chi connectivity index (χ1) is 15.4. The van der Waals surface area contributed by atoms with E-state index in [4.69, 9.17) is 19.3 Å². The fraction of sp³-hybridized carbons (Fsp3) is 0.708. The lowest BCUT2D eigenvalue weighted by molar-refractivity contribution is -0.0899. The number of imidazole rings is 1. The molecule has 0 aliphatic carbocycles. The van der Waals surface area contributed by atoms with E-state index in [2.05, 4.69) is 89.3 Å². The maximum atomic E-state index is 6.97. The number of nitrogen functional groups attached to an aromatic ring is 1. The molecule has 190 valence electrons. The van der Waals surface area contributed by atoms with Gasteiger partial charge in [-0.05, 0) is 36.3 Å². The third-order valence-corrected chi connectivity index (χ3v) is 17.0. The smallest absolute Gasteiger partial charge is 0.222 e. The van der Waals surface area contributed by atoms with Gasteiger partial charge in [0.2, 0.25) is 5.95 Å². The van der Waals surface area contributed by atoms with Crippen molar-refractivity contribution in [3.63, 3.8) is 0 Å². The van der Waals surface area contributed by atoms with Crippen LogP contribution in [0.25, 0.3) is 11.2 Å². The second kappa shape index (κ2) is 8.81. The molecule has 0 radical (unpaired) electrons. The number of rotatable bonds is 7. The molecule has 0 saturated carbocycles. The molecule has 0 amide bonds. The molecule has 2 N–H and O–H groups in total. The Hall–Kier alpha value is -1.60. The summed E-state index contributed by atoms with van der Waals surface area (Å²) in [6.07, 6.45) is 5.33. The van der Waals surface area contributed by atoms with Crippen molar-refractivity contribution in [1.82, 2.24) is 19.5 Å². The molecule has 1 aliphatic rings. The number of fused-ring (bicyclic) bond motifs is 1. The summed E-state index contributed by atoms with van der Waals surface area (Å²) in [6.45, 7) is 27.1. The fourth-order valence-corrected chi connectivity index (χ4v) is 5.92. The monoisotopic (exact) mass is 505 g/mol. The van der Waals surface area contributed by atoms with Crippen molar-refractivity contribution in [2.45, 2.75) is 102 Å². The minimum atomic E-state index is -2.11. The van der Waals surface area contributed by atoms with E-state index in [1.165, 1.54) is 0 Å². The lowest BCUT2D eigenvalue weighted by atomic mass is 9.98. The topological polar surface area (TPSA) is 97.3 Å². The van der Waals surface area contributed by atoms with Gasteiger partial charge in [-0.25, -0.2) is 9.97 Å². The van der Waals surface area contributed by atoms with Crippen LogP contribution in [0.1, 0.15) is 54.2 Å². The Morgan fingerprint density at radius 2 is 1.76 bits per heavy atom. The number of aromatic nitrogens is 4. The van der Waals surface area contributed by atoms with Gasteiger partial charge in [0.15, 0.2) is 22.3 Å². The first-order valence-corrected chi connectivity index (χ1v) is 17.8. The molecular weight excluding hydrogens is 462 g/mol. The van der Waals surface area contributed by atoms with Gasteiger partial charge in [-0.2, -0.15) is 4.98 Å². The van der Waals surface area contributed by atoms with E-state index in [1.54, 1.807) is 12.5 Å². The maximum absolute atomic E-state index is 6.97. The fourth-order valence-electron chi connectivity index (χ4n) is 3.54. The second-order valence-corrected chi connectivity index (χ2v) is 22.0. The van der Waals surface area contributed by atoms with Crippen LogP contribution in [-0.2, 0) is 13.6 Å². The highest BCUT2D eigenvalue weighted by atomic mass is 28.4. The van der Waals surface area contributed by atoms with Gasteiger partial charge in [-0.1, -0.05) is 47.6 Å². The Morgan fingerprint density at radius 1 is 1.15 bits per heavy atom. The molecule has 3 rings (SSSR count). The summed E-state index contributed by atoms with van der Waals surface area (Å²) >= 11 is 0. The van der Waals surface area contributed by atoms with Crippen molar-refractivity contribution in [2.24, 2.45) is 0 Å². The Labute approximate surface area is 206 Å². The predicted molar refractivity (Wildman–Crippen MR) is 143 cm³/mol. The Balaban J connectivity index is 2.00. The first kappa shape index (κ1) is 27.0. The van der Waals surface area contributed by atoms with Gasteiger partial charge < -0.3 is 19.3 Å². The Morgan fingerprint density at radius 3 is 2.32 bits per heavy atom. The molecule has 34 heavy (non-hydrogen) atoms. The average molecular weight is 506 g/mol. The maximum Gasteiger partial charge on any atom is 0.222 e. The van der Waals surface area contributed by atoms with Gasteiger partial charge >= 0.3 is 0 Å². The third kappa shape index (κ3) is 5.01. The largest absolute Gasteiger partial charge is 0.413 e. The van der Waals surface area contributed by atoms with Gasteiger partial charge in [-0.3, -0.25) is 4.57 Å². The number of anilines is 1. The highest BCUT2D eigenvalue weighted by molar-refractivity contribution is 6.74. The number of nitrogens with zero attached hydrogens (tertiary/aromatic N) is 4. The summed E-state index contributed by atoms with van der Waals surface area (Å²) in [4.78, 5) is 12.9. The molecule has 3 atom stereocenters. The van der Waals surface area contributed by atoms with E-state index in [9.17, 15) is 0 Å². The molecule has 1 aliphatic heterocycles. The van der Waals surface area contributed by atoms with E-state index in [0.717, 1.165) is 0 Å². The summed E-state index contributed by atoms with van der Waals surface area (Å²) in [5, 5.41) is 0.139. The molecule has 1 fully saturated rings. The average Bonchev–Trinajstić information content (AvgIpc) is 3.25. The van der Waals surface area contributed by atoms with Crippen molar-refractivity contribution in [3.05, 3.63) is 25.2 Å². The zero-order valence-electron chi connectivity index (χ0n) is 22.6. The van der Waals surface area contributed by atoms with E-state index in [1.807, 2.05) is 10.6 Å². The molecule has 8 nitrogen and oxygen atoms in total. The van der Waals surface area contributed by atoms with Crippen molar-refractivity contribution in [3.8, 4) is 0 Å². The normalized spacial score (nSPS) is 24.6. The highest BCUT2D eigenvalue weighted by Gasteiger charge is 2.53. The molecule has 0 spiro atoms. The van der Waals surface area contributed by atoms with Crippen molar-refractivity contribution < 1.29 is 13.6 Å². The lowest BCUT2D eigenvalue weighted by Crippen LogP contribution is -2.54. The van der Waals surface area contributed by atoms with Crippen LogP contribution in [0.5, 0.6) is 0 Å². The molecule has 0 unspecified atom stereocenters. The molecule has 10 heteroatoms. The van der Waals surface area contributed by atoms with E-state index >= 15 is 0 Å². The molecule has 0 bridgehead atoms. The Kier molecular flexibility index (Phi) is 7.00. The van der Waals surface area contributed by atoms with Gasteiger partial charge in [0.25, 0.3) is 0 Å².